The highest BCUT2D eigenvalue weighted by molar-refractivity contribution is 4.97. The van der Waals surface area contributed by atoms with Crippen LogP contribution in [0.2, 0.25) is 0 Å². The molecule has 3 heterocycles. The van der Waals surface area contributed by atoms with Crippen molar-refractivity contribution in [3.05, 3.63) is 18.2 Å². The summed E-state index contributed by atoms with van der Waals surface area (Å²) in [4.78, 5) is 9.13. The standard InChI is InChI=1S/C17H30N4O2/c1-19(2)10-11-22-13-14-4-5-15-16(23-14)6-8-21(15)12-17-18-7-9-20(17)3/h7,9,14-16H,4-6,8,10-13H2,1-3H3/t14-,15+,16+/m0/s1. The van der Waals surface area contributed by atoms with Crippen LogP contribution in [-0.2, 0) is 23.1 Å². The number of hydrogen-bond donors (Lipinski definition) is 0. The zero-order chi connectivity index (χ0) is 16.2. The fraction of sp³-hybridized carbons (Fsp3) is 0.824. The second-order valence-electron chi connectivity index (χ2n) is 7.03. The molecule has 1 aromatic rings. The molecule has 0 radical (unpaired) electrons. The van der Waals surface area contributed by atoms with Crippen molar-refractivity contribution in [1.29, 1.82) is 0 Å². The van der Waals surface area contributed by atoms with Crippen molar-refractivity contribution in [1.82, 2.24) is 19.4 Å². The molecule has 3 rings (SSSR count). The van der Waals surface area contributed by atoms with E-state index >= 15 is 0 Å². The number of ether oxygens (including phenoxy) is 2. The van der Waals surface area contributed by atoms with Gasteiger partial charge in [0.05, 0.1) is 32.0 Å². The largest absolute Gasteiger partial charge is 0.377 e. The average Bonchev–Trinajstić information content (AvgIpc) is 3.11. The summed E-state index contributed by atoms with van der Waals surface area (Å²) in [5, 5.41) is 0. The molecular weight excluding hydrogens is 292 g/mol. The van der Waals surface area contributed by atoms with E-state index in [0.29, 0.717) is 12.1 Å². The van der Waals surface area contributed by atoms with E-state index in [9.17, 15) is 0 Å². The van der Waals surface area contributed by atoms with Crippen LogP contribution in [0.3, 0.4) is 0 Å². The van der Waals surface area contributed by atoms with Gasteiger partial charge in [-0.05, 0) is 33.4 Å². The van der Waals surface area contributed by atoms with Crippen LogP contribution in [0.1, 0.15) is 25.1 Å². The molecule has 2 saturated heterocycles. The fourth-order valence-electron chi connectivity index (χ4n) is 3.60. The molecule has 3 atom stereocenters. The fourth-order valence-corrected chi connectivity index (χ4v) is 3.60. The van der Waals surface area contributed by atoms with Crippen LogP contribution in [0.25, 0.3) is 0 Å². The second kappa shape index (κ2) is 7.75. The van der Waals surface area contributed by atoms with Gasteiger partial charge in [-0.25, -0.2) is 4.98 Å². The lowest BCUT2D eigenvalue weighted by molar-refractivity contribution is -0.100. The number of aryl methyl sites for hydroxylation is 1. The van der Waals surface area contributed by atoms with Gasteiger partial charge in [0.25, 0.3) is 0 Å². The third-order valence-corrected chi connectivity index (χ3v) is 5.00. The highest BCUT2D eigenvalue weighted by Gasteiger charge is 2.39. The smallest absolute Gasteiger partial charge is 0.122 e. The molecule has 0 aliphatic carbocycles. The van der Waals surface area contributed by atoms with Gasteiger partial charge in [-0.15, -0.1) is 0 Å². The maximum atomic E-state index is 6.29. The molecule has 0 aromatic carbocycles. The van der Waals surface area contributed by atoms with Crippen LogP contribution in [0.15, 0.2) is 12.4 Å². The lowest BCUT2D eigenvalue weighted by Gasteiger charge is -2.35. The Bertz CT molecular complexity index is 491. The molecule has 2 aliphatic heterocycles. The molecule has 0 bridgehead atoms. The number of fused-ring (bicyclic) bond motifs is 1. The molecule has 6 nitrogen and oxygen atoms in total. The van der Waals surface area contributed by atoms with Crippen molar-refractivity contribution >= 4 is 0 Å². The van der Waals surface area contributed by atoms with Crippen LogP contribution < -0.4 is 0 Å². The van der Waals surface area contributed by atoms with E-state index in [4.69, 9.17) is 9.47 Å². The van der Waals surface area contributed by atoms with E-state index in [-0.39, 0.29) is 6.10 Å². The number of rotatable bonds is 7. The number of nitrogens with zero attached hydrogens (tertiary/aromatic N) is 4. The lowest BCUT2D eigenvalue weighted by atomic mass is 9.99. The Balaban J connectivity index is 1.44. The molecule has 6 heteroatoms. The summed E-state index contributed by atoms with van der Waals surface area (Å²) in [7, 11) is 6.20. The number of aromatic nitrogens is 2. The maximum Gasteiger partial charge on any atom is 0.122 e. The third kappa shape index (κ3) is 4.32. The predicted octanol–water partition coefficient (Wildman–Crippen LogP) is 1.12. The Morgan fingerprint density at radius 1 is 1.35 bits per heavy atom. The van der Waals surface area contributed by atoms with Crippen molar-refractivity contribution in [2.24, 2.45) is 7.05 Å². The summed E-state index contributed by atoms with van der Waals surface area (Å²) in [6, 6.07) is 0.546. The van der Waals surface area contributed by atoms with Gasteiger partial charge in [0.15, 0.2) is 0 Å². The molecule has 23 heavy (non-hydrogen) atoms. The zero-order valence-corrected chi connectivity index (χ0v) is 14.6. The van der Waals surface area contributed by atoms with Gasteiger partial charge in [0.2, 0.25) is 0 Å². The summed E-state index contributed by atoms with van der Waals surface area (Å²) >= 11 is 0. The van der Waals surface area contributed by atoms with Gasteiger partial charge < -0.3 is 18.9 Å². The summed E-state index contributed by atoms with van der Waals surface area (Å²) in [6.07, 6.45) is 7.96. The molecule has 2 fully saturated rings. The SMILES string of the molecule is CN(C)CCOC[C@@H]1CC[C@@H]2[C@@H](CCN2Cc2nccn2C)O1. The number of imidazole rings is 1. The highest BCUT2D eigenvalue weighted by atomic mass is 16.5. The van der Waals surface area contributed by atoms with Gasteiger partial charge >= 0.3 is 0 Å². The van der Waals surface area contributed by atoms with Gasteiger partial charge in [-0.2, -0.15) is 0 Å². The zero-order valence-electron chi connectivity index (χ0n) is 14.6. The Labute approximate surface area is 139 Å². The molecular formula is C17H30N4O2. The Kier molecular flexibility index (Phi) is 5.69. The van der Waals surface area contributed by atoms with Crippen LogP contribution in [-0.4, -0.2) is 78.0 Å². The topological polar surface area (TPSA) is 42.8 Å². The molecule has 0 spiro atoms. The van der Waals surface area contributed by atoms with E-state index in [1.54, 1.807) is 0 Å². The van der Waals surface area contributed by atoms with Crippen molar-refractivity contribution in [3.63, 3.8) is 0 Å². The van der Waals surface area contributed by atoms with Crippen molar-refractivity contribution < 1.29 is 9.47 Å². The minimum Gasteiger partial charge on any atom is -0.377 e. The van der Waals surface area contributed by atoms with E-state index in [1.807, 2.05) is 12.4 Å². The summed E-state index contributed by atoms with van der Waals surface area (Å²) < 4.78 is 14.2. The molecule has 0 amide bonds. The number of hydrogen-bond acceptors (Lipinski definition) is 5. The molecule has 1 aromatic heterocycles. The van der Waals surface area contributed by atoms with Crippen molar-refractivity contribution in [2.45, 2.75) is 44.1 Å². The minimum absolute atomic E-state index is 0.270. The molecule has 2 aliphatic rings. The Morgan fingerprint density at radius 3 is 2.96 bits per heavy atom. The summed E-state index contributed by atoms with van der Waals surface area (Å²) in [5.41, 5.74) is 0. The monoisotopic (exact) mass is 322 g/mol. The lowest BCUT2D eigenvalue weighted by Crippen LogP contribution is -2.43. The first kappa shape index (κ1) is 16.9. The Morgan fingerprint density at radius 2 is 2.22 bits per heavy atom. The number of likely N-dealkylation sites (tertiary alicyclic amines) is 1. The van der Waals surface area contributed by atoms with Gasteiger partial charge in [-0.1, -0.05) is 0 Å². The third-order valence-electron chi connectivity index (χ3n) is 5.00. The van der Waals surface area contributed by atoms with E-state index in [1.165, 1.54) is 6.42 Å². The van der Waals surface area contributed by atoms with Gasteiger partial charge in [0.1, 0.15) is 5.82 Å². The Hall–Kier alpha value is -0.950. The van der Waals surface area contributed by atoms with Crippen LogP contribution in [0.4, 0.5) is 0 Å². The summed E-state index contributed by atoms with van der Waals surface area (Å²) in [6.45, 7) is 4.52. The van der Waals surface area contributed by atoms with E-state index < -0.39 is 0 Å². The first-order valence-electron chi connectivity index (χ1n) is 8.71. The molecule has 130 valence electrons. The summed E-state index contributed by atoms with van der Waals surface area (Å²) in [5.74, 6) is 1.14. The van der Waals surface area contributed by atoms with Crippen molar-refractivity contribution in [2.75, 3.05) is 40.4 Å². The number of likely N-dealkylation sites (N-methyl/N-ethyl adjacent to an activating group) is 1. The van der Waals surface area contributed by atoms with E-state index in [2.05, 4.69) is 40.5 Å². The van der Waals surface area contributed by atoms with Gasteiger partial charge in [-0.3, -0.25) is 4.90 Å². The van der Waals surface area contributed by atoms with Crippen LogP contribution in [0, 0.1) is 0 Å². The molecule has 0 unspecified atom stereocenters. The minimum atomic E-state index is 0.270. The second-order valence-corrected chi connectivity index (χ2v) is 7.03. The predicted molar refractivity (Wildman–Crippen MR) is 89.3 cm³/mol. The molecule has 0 saturated carbocycles. The normalized spacial score (nSPS) is 28.4. The first-order chi connectivity index (χ1) is 11.1. The maximum absolute atomic E-state index is 6.29. The van der Waals surface area contributed by atoms with Crippen molar-refractivity contribution in [3.8, 4) is 0 Å². The quantitative estimate of drug-likeness (QED) is 0.704. The molecule has 0 N–H and O–H groups in total. The van der Waals surface area contributed by atoms with Gasteiger partial charge in [0, 0.05) is 38.6 Å². The van der Waals surface area contributed by atoms with Crippen LogP contribution in [0.5, 0.6) is 0 Å². The van der Waals surface area contributed by atoms with Crippen LogP contribution >= 0.6 is 0 Å². The average molecular weight is 322 g/mol. The van der Waals surface area contributed by atoms with E-state index in [0.717, 1.165) is 51.5 Å². The first-order valence-corrected chi connectivity index (χ1v) is 8.71. The highest BCUT2D eigenvalue weighted by Crippen LogP contribution is 2.32.